The number of aliphatic hydroxyl groups is 1. The van der Waals surface area contributed by atoms with Gasteiger partial charge in [-0.1, -0.05) is 0 Å². The Balaban J connectivity index is 0.000000486. The molecule has 0 fully saturated rings. The second-order valence-corrected chi connectivity index (χ2v) is 5.79. The Kier molecular flexibility index (Phi) is 5.58. The van der Waals surface area contributed by atoms with Crippen molar-refractivity contribution >= 4 is 19.2 Å². The molecule has 0 unspecified atom stereocenters. The van der Waals surface area contributed by atoms with Gasteiger partial charge in [0.15, 0.2) is 4.98 Å². The number of benzene rings is 1. The fraction of sp³-hybridized carbons (Fsp3) is 0.400. The van der Waals surface area contributed by atoms with Gasteiger partial charge in [0.25, 0.3) is 0 Å². The number of anilines is 1. The molecule has 0 heterocycles. The van der Waals surface area contributed by atoms with Crippen molar-refractivity contribution in [1.29, 1.82) is 5.39 Å². The Morgan fingerprint density at radius 1 is 1.10 bits per heavy atom. The molecule has 1 aromatic carbocycles. The van der Waals surface area contributed by atoms with Crippen LogP contribution in [0.1, 0.15) is 6.92 Å². The molecule has 0 atom stereocenters. The van der Waals surface area contributed by atoms with Gasteiger partial charge >= 0.3 is 38.7 Å². The van der Waals surface area contributed by atoms with E-state index in [1.807, 2.05) is 24.0 Å². The standard InChI is InChI=1S/C10H14N3O.F6P/c1-2-13(7-8-14)10-5-3-9(12-11)4-6-10;1-7(2,3,4,5)6/h3-6,14H,2,7-8H2,1H3;/q+1;-1. The fourth-order valence-electron chi connectivity index (χ4n) is 1.32. The van der Waals surface area contributed by atoms with Crippen molar-refractivity contribution in [3.05, 3.63) is 29.2 Å². The van der Waals surface area contributed by atoms with Crippen molar-refractivity contribution < 1.29 is 30.3 Å². The first-order valence-corrected chi connectivity index (χ1v) is 7.67. The molecular formula is C10H14F6N3OP. The number of diazo groups is 1. The first-order valence-electron chi connectivity index (χ1n) is 5.64. The van der Waals surface area contributed by atoms with E-state index in [1.54, 1.807) is 12.1 Å². The number of hydrogen-bond donors (Lipinski definition) is 1. The minimum atomic E-state index is -10.7. The molecule has 1 N–H and O–H groups in total. The van der Waals surface area contributed by atoms with Gasteiger partial charge in [-0.15, -0.1) is 0 Å². The summed E-state index contributed by atoms with van der Waals surface area (Å²) in [5, 5.41) is 17.3. The average molecular weight is 337 g/mol. The van der Waals surface area contributed by atoms with E-state index in [1.165, 1.54) is 0 Å². The van der Waals surface area contributed by atoms with Gasteiger partial charge in [0, 0.05) is 30.9 Å². The van der Waals surface area contributed by atoms with Crippen molar-refractivity contribution in [2.75, 3.05) is 24.6 Å². The van der Waals surface area contributed by atoms with Crippen LogP contribution in [0.15, 0.2) is 24.3 Å². The summed E-state index contributed by atoms with van der Waals surface area (Å²) in [5.41, 5.74) is 1.56. The van der Waals surface area contributed by atoms with Crippen molar-refractivity contribution in [3.8, 4) is 0 Å². The SMILES string of the molecule is CCN(CCO)c1ccc([N+]#N)cc1.F[P-](F)(F)(F)(F)F. The zero-order valence-corrected chi connectivity index (χ0v) is 11.8. The summed E-state index contributed by atoms with van der Waals surface area (Å²) in [5.74, 6) is 0. The first-order chi connectivity index (χ1) is 9.26. The van der Waals surface area contributed by atoms with Gasteiger partial charge in [-0.25, -0.2) is 0 Å². The molecule has 0 radical (unpaired) electrons. The van der Waals surface area contributed by atoms with E-state index in [2.05, 4.69) is 4.98 Å². The normalized spacial score (nSPS) is 14.0. The van der Waals surface area contributed by atoms with Crippen LogP contribution in [0.2, 0.25) is 0 Å². The van der Waals surface area contributed by atoms with E-state index in [0.717, 1.165) is 12.2 Å². The van der Waals surface area contributed by atoms with Crippen molar-refractivity contribution in [1.82, 2.24) is 0 Å². The third-order valence-electron chi connectivity index (χ3n) is 2.08. The van der Waals surface area contributed by atoms with Gasteiger partial charge in [-0.2, -0.15) is 0 Å². The molecule has 0 bridgehead atoms. The molecule has 4 nitrogen and oxygen atoms in total. The van der Waals surface area contributed by atoms with Gasteiger partial charge in [-0.3, -0.25) is 0 Å². The first kappa shape index (κ1) is 19.4. The maximum absolute atomic E-state index is 10.7. The van der Waals surface area contributed by atoms with E-state index >= 15 is 0 Å². The van der Waals surface area contributed by atoms with E-state index in [0.29, 0.717) is 12.2 Å². The fourth-order valence-corrected chi connectivity index (χ4v) is 1.32. The zero-order chi connectivity index (χ0) is 16.8. The van der Waals surface area contributed by atoms with Gasteiger partial charge in [0.05, 0.1) is 6.61 Å². The van der Waals surface area contributed by atoms with E-state index < -0.39 is 7.81 Å². The van der Waals surface area contributed by atoms with Crippen molar-refractivity contribution in [2.45, 2.75) is 6.92 Å². The Morgan fingerprint density at radius 2 is 1.52 bits per heavy atom. The molecule has 11 heteroatoms. The quantitative estimate of drug-likeness (QED) is 0.456. The minimum absolute atomic E-state index is 0.139. The van der Waals surface area contributed by atoms with Crippen LogP contribution in [0.25, 0.3) is 4.98 Å². The molecule has 21 heavy (non-hydrogen) atoms. The van der Waals surface area contributed by atoms with Crippen LogP contribution < -0.4 is 4.90 Å². The Morgan fingerprint density at radius 3 is 1.81 bits per heavy atom. The van der Waals surface area contributed by atoms with Crippen LogP contribution in [-0.2, 0) is 0 Å². The van der Waals surface area contributed by atoms with Crippen LogP contribution in [0.5, 0.6) is 0 Å². The van der Waals surface area contributed by atoms with Crippen molar-refractivity contribution in [2.24, 2.45) is 0 Å². The number of likely N-dealkylation sites (N-methyl/N-ethyl adjacent to an activating group) is 1. The second-order valence-electron chi connectivity index (χ2n) is 3.88. The molecular weight excluding hydrogens is 323 g/mol. The maximum atomic E-state index is 9.87. The number of rotatable bonds is 4. The topological polar surface area (TPSA) is 51.6 Å². The molecule has 0 aliphatic carbocycles. The molecule has 0 aliphatic heterocycles. The third kappa shape index (κ3) is 13.2. The van der Waals surface area contributed by atoms with E-state index in [-0.39, 0.29) is 6.61 Å². The van der Waals surface area contributed by atoms with Crippen LogP contribution in [0, 0.1) is 5.39 Å². The predicted molar refractivity (Wildman–Crippen MR) is 69.7 cm³/mol. The van der Waals surface area contributed by atoms with Gasteiger partial charge < -0.3 is 10.0 Å². The van der Waals surface area contributed by atoms with Crippen LogP contribution in [0.3, 0.4) is 0 Å². The molecule has 0 aromatic heterocycles. The van der Waals surface area contributed by atoms with Gasteiger partial charge in [0.1, 0.15) is 0 Å². The average Bonchev–Trinajstić information content (AvgIpc) is 2.32. The number of halogens is 6. The van der Waals surface area contributed by atoms with Gasteiger partial charge in [-0.05, 0) is 19.1 Å². The summed E-state index contributed by atoms with van der Waals surface area (Å²) in [6.07, 6.45) is 0. The van der Waals surface area contributed by atoms with Gasteiger partial charge in [0.2, 0.25) is 5.39 Å². The molecule has 0 saturated carbocycles. The molecule has 0 amide bonds. The van der Waals surface area contributed by atoms with Crippen LogP contribution in [0.4, 0.5) is 36.6 Å². The molecule has 0 saturated heterocycles. The molecule has 1 rings (SSSR count). The molecule has 0 aliphatic rings. The summed E-state index contributed by atoms with van der Waals surface area (Å²) in [6.45, 7) is 3.63. The monoisotopic (exact) mass is 337 g/mol. The van der Waals surface area contributed by atoms with Crippen LogP contribution in [-0.4, -0.2) is 24.8 Å². The Hall–Kier alpha value is -1.59. The third-order valence-corrected chi connectivity index (χ3v) is 2.08. The summed E-state index contributed by atoms with van der Waals surface area (Å²) < 4.78 is 59.2. The number of nitrogens with zero attached hydrogens (tertiary/aromatic N) is 3. The summed E-state index contributed by atoms with van der Waals surface area (Å²) in [6, 6.07) is 7.20. The summed E-state index contributed by atoms with van der Waals surface area (Å²) in [4.78, 5) is 5.12. The van der Waals surface area contributed by atoms with Crippen LogP contribution >= 0.6 is 7.81 Å². The summed E-state index contributed by atoms with van der Waals surface area (Å²) in [7, 11) is -10.7. The summed E-state index contributed by atoms with van der Waals surface area (Å²) >= 11 is 0. The van der Waals surface area contributed by atoms with E-state index in [4.69, 9.17) is 10.5 Å². The molecule has 1 aromatic rings. The molecule has 0 spiro atoms. The second kappa shape index (κ2) is 6.03. The molecule has 122 valence electrons. The number of aliphatic hydroxyl groups excluding tert-OH is 1. The van der Waals surface area contributed by atoms with E-state index in [9.17, 15) is 25.2 Å². The zero-order valence-electron chi connectivity index (χ0n) is 10.9. The predicted octanol–water partition coefficient (Wildman–Crippen LogP) is 5.37. The van der Waals surface area contributed by atoms with Crippen molar-refractivity contribution in [3.63, 3.8) is 0 Å². The Labute approximate surface area is 116 Å². The number of hydrogen-bond acceptors (Lipinski definition) is 3. The Bertz CT molecular complexity index is 484.